The van der Waals surface area contributed by atoms with Crippen LogP contribution in [0, 0.1) is 12.7 Å². The van der Waals surface area contributed by atoms with E-state index in [1.807, 2.05) is 19.1 Å². The molecule has 2 aromatic carbocycles. The highest BCUT2D eigenvalue weighted by Crippen LogP contribution is 2.26. The van der Waals surface area contributed by atoms with Gasteiger partial charge in [-0.05, 0) is 73.0 Å². The maximum Gasteiger partial charge on any atom is 0.261 e. The quantitative estimate of drug-likeness (QED) is 0.732. The zero-order valence-electron chi connectivity index (χ0n) is 16.5. The van der Waals surface area contributed by atoms with E-state index in [0.29, 0.717) is 17.4 Å². The van der Waals surface area contributed by atoms with Crippen molar-refractivity contribution in [1.29, 1.82) is 0 Å². The summed E-state index contributed by atoms with van der Waals surface area (Å²) in [6, 6.07) is 11.8. The van der Waals surface area contributed by atoms with E-state index in [0.717, 1.165) is 36.1 Å². The lowest BCUT2D eigenvalue weighted by atomic mass is 10.0. The molecule has 29 heavy (non-hydrogen) atoms. The summed E-state index contributed by atoms with van der Waals surface area (Å²) in [5.74, 6) is 0.138. The molecule has 5 nitrogen and oxygen atoms in total. The smallest absolute Gasteiger partial charge is 0.261 e. The van der Waals surface area contributed by atoms with Crippen LogP contribution in [0.15, 0.2) is 47.3 Å². The number of pyridine rings is 1. The molecule has 0 saturated carbocycles. The van der Waals surface area contributed by atoms with Crippen LogP contribution in [0.5, 0.6) is 5.75 Å². The molecule has 1 fully saturated rings. The minimum absolute atomic E-state index is 0.0404. The van der Waals surface area contributed by atoms with Crippen molar-refractivity contribution in [2.75, 3.05) is 13.7 Å². The summed E-state index contributed by atoms with van der Waals surface area (Å²) in [6.07, 6.45) is 2.53. The van der Waals surface area contributed by atoms with Gasteiger partial charge in [-0.3, -0.25) is 9.59 Å². The van der Waals surface area contributed by atoms with Gasteiger partial charge in [-0.25, -0.2) is 4.39 Å². The topological polar surface area (TPSA) is 62.4 Å². The Bertz CT molecular complexity index is 1140. The molecule has 6 heteroatoms. The average Bonchev–Trinajstić information content (AvgIpc) is 3.15. The fourth-order valence-corrected chi connectivity index (χ4v) is 4.14. The molecular formula is C23H23FN2O3. The predicted octanol–water partition coefficient (Wildman–Crippen LogP) is 3.83. The Balaban J connectivity index is 1.60. The first-order valence-corrected chi connectivity index (χ1v) is 9.73. The molecule has 2 heterocycles. The van der Waals surface area contributed by atoms with Crippen LogP contribution in [0.25, 0.3) is 10.9 Å². The highest BCUT2D eigenvalue weighted by molar-refractivity contribution is 5.97. The van der Waals surface area contributed by atoms with Crippen LogP contribution < -0.4 is 10.3 Å². The predicted molar refractivity (Wildman–Crippen MR) is 110 cm³/mol. The first-order chi connectivity index (χ1) is 14.0. The van der Waals surface area contributed by atoms with Crippen LogP contribution in [-0.4, -0.2) is 35.5 Å². The third-order valence-electron chi connectivity index (χ3n) is 5.61. The van der Waals surface area contributed by atoms with Gasteiger partial charge in [0, 0.05) is 12.6 Å². The minimum atomic E-state index is -0.487. The highest BCUT2D eigenvalue weighted by Gasteiger charge is 2.31. The van der Waals surface area contributed by atoms with Crippen molar-refractivity contribution in [3.05, 3.63) is 75.3 Å². The number of carbonyl (C=O) groups excluding carboxylic acids is 1. The van der Waals surface area contributed by atoms with Crippen LogP contribution in [0.3, 0.4) is 0 Å². The van der Waals surface area contributed by atoms with Crippen molar-refractivity contribution in [1.82, 2.24) is 9.88 Å². The second-order valence-electron chi connectivity index (χ2n) is 7.55. The lowest BCUT2D eigenvalue weighted by Gasteiger charge is -2.25. The molecule has 0 bridgehead atoms. The molecule has 0 aliphatic carbocycles. The number of benzene rings is 2. The van der Waals surface area contributed by atoms with Crippen molar-refractivity contribution in [2.45, 2.75) is 32.2 Å². The number of hydrogen-bond acceptors (Lipinski definition) is 3. The van der Waals surface area contributed by atoms with Crippen LogP contribution in [0.4, 0.5) is 4.39 Å². The van der Waals surface area contributed by atoms with Crippen LogP contribution in [0.1, 0.15) is 34.3 Å². The Morgan fingerprint density at radius 1 is 1.24 bits per heavy atom. The number of aromatic amines is 1. The molecule has 1 aliphatic heterocycles. The molecule has 0 spiro atoms. The summed E-state index contributed by atoms with van der Waals surface area (Å²) in [4.78, 5) is 30.1. The van der Waals surface area contributed by atoms with Crippen LogP contribution in [-0.2, 0) is 6.42 Å². The van der Waals surface area contributed by atoms with E-state index in [1.54, 1.807) is 24.1 Å². The third kappa shape index (κ3) is 3.75. The number of amides is 1. The number of ether oxygens (including phenoxy) is 1. The second kappa shape index (κ2) is 7.70. The first-order valence-electron chi connectivity index (χ1n) is 9.73. The lowest BCUT2D eigenvalue weighted by Crippen LogP contribution is -2.39. The lowest BCUT2D eigenvalue weighted by molar-refractivity contribution is 0.0735. The number of hydrogen-bond donors (Lipinski definition) is 1. The number of nitrogens with zero attached hydrogens (tertiary/aromatic N) is 1. The Labute approximate surface area is 168 Å². The highest BCUT2D eigenvalue weighted by atomic mass is 19.1. The van der Waals surface area contributed by atoms with Crippen LogP contribution >= 0.6 is 0 Å². The number of likely N-dealkylation sites (tertiary alicyclic amines) is 1. The number of halogens is 1. The summed E-state index contributed by atoms with van der Waals surface area (Å²) >= 11 is 0. The van der Waals surface area contributed by atoms with Crippen molar-refractivity contribution < 1.29 is 13.9 Å². The molecular weight excluding hydrogens is 371 g/mol. The zero-order chi connectivity index (χ0) is 20.5. The molecule has 1 aliphatic rings. The number of methoxy groups -OCH3 is 1. The Hall–Kier alpha value is -3.15. The summed E-state index contributed by atoms with van der Waals surface area (Å²) < 4.78 is 18.7. The fraction of sp³-hybridized carbons (Fsp3) is 0.304. The molecule has 1 atom stereocenters. The molecule has 3 aromatic rings. The van der Waals surface area contributed by atoms with Gasteiger partial charge in [0.1, 0.15) is 17.1 Å². The Morgan fingerprint density at radius 2 is 2.07 bits per heavy atom. The van der Waals surface area contributed by atoms with E-state index in [4.69, 9.17) is 4.74 Å². The van der Waals surface area contributed by atoms with Crippen molar-refractivity contribution in [3.63, 3.8) is 0 Å². The summed E-state index contributed by atoms with van der Waals surface area (Å²) in [5, 5.41) is 0.635. The number of carbonyl (C=O) groups is 1. The van der Waals surface area contributed by atoms with Gasteiger partial charge >= 0.3 is 0 Å². The summed E-state index contributed by atoms with van der Waals surface area (Å²) in [5.41, 5.74) is 2.19. The molecule has 1 unspecified atom stereocenters. The zero-order valence-corrected chi connectivity index (χ0v) is 16.5. The van der Waals surface area contributed by atoms with Crippen molar-refractivity contribution >= 4 is 16.8 Å². The van der Waals surface area contributed by atoms with E-state index in [9.17, 15) is 14.0 Å². The number of rotatable bonds is 4. The standard InChI is InChI=1S/C23H23FN2O3/c1-14-10-15(5-8-21(14)29-2)11-18-4-3-9-26(18)23(28)19-12-16-6-7-17(24)13-20(16)25-22(19)27/h5-8,10,12-13,18H,3-4,9,11H2,1-2H3,(H,25,27). The van der Waals surface area contributed by atoms with E-state index in [-0.39, 0.29) is 17.5 Å². The largest absolute Gasteiger partial charge is 0.496 e. The van der Waals surface area contributed by atoms with Gasteiger partial charge in [-0.15, -0.1) is 0 Å². The van der Waals surface area contributed by atoms with Gasteiger partial charge < -0.3 is 14.6 Å². The second-order valence-corrected chi connectivity index (χ2v) is 7.55. The molecule has 4 rings (SSSR count). The summed E-state index contributed by atoms with van der Waals surface area (Å²) in [7, 11) is 1.65. The third-order valence-corrected chi connectivity index (χ3v) is 5.61. The molecule has 1 amide bonds. The summed E-state index contributed by atoms with van der Waals surface area (Å²) in [6.45, 7) is 2.62. The number of aryl methyl sites for hydroxylation is 1. The van der Waals surface area contributed by atoms with Gasteiger partial charge in [0.2, 0.25) is 0 Å². The SMILES string of the molecule is COc1ccc(CC2CCCN2C(=O)c2cc3ccc(F)cc3[nH]c2=O)cc1C. The van der Waals surface area contributed by atoms with Crippen LogP contribution in [0.2, 0.25) is 0 Å². The molecule has 1 aromatic heterocycles. The van der Waals surface area contributed by atoms with Gasteiger partial charge in [0.15, 0.2) is 0 Å². The van der Waals surface area contributed by atoms with Gasteiger partial charge in [0.25, 0.3) is 11.5 Å². The molecule has 0 radical (unpaired) electrons. The van der Waals surface area contributed by atoms with E-state index in [2.05, 4.69) is 11.1 Å². The van der Waals surface area contributed by atoms with Gasteiger partial charge in [0.05, 0.1) is 12.6 Å². The first kappa shape index (κ1) is 19.2. The van der Waals surface area contributed by atoms with E-state index >= 15 is 0 Å². The fourth-order valence-electron chi connectivity index (χ4n) is 4.14. The number of aromatic nitrogens is 1. The Morgan fingerprint density at radius 3 is 2.83 bits per heavy atom. The Kier molecular flexibility index (Phi) is 5.09. The van der Waals surface area contributed by atoms with Crippen molar-refractivity contribution in [3.8, 4) is 5.75 Å². The monoisotopic (exact) mass is 394 g/mol. The maximum absolute atomic E-state index is 13.4. The molecule has 150 valence electrons. The average molecular weight is 394 g/mol. The minimum Gasteiger partial charge on any atom is -0.496 e. The van der Waals surface area contributed by atoms with Gasteiger partial charge in [-0.2, -0.15) is 0 Å². The maximum atomic E-state index is 13.4. The number of nitrogens with one attached hydrogen (secondary N) is 1. The molecule has 1 saturated heterocycles. The van der Waals surface area contributed by atoms with E-state index < -0.39 is 11.4 Å². The number of H-pyrrole nitrogens is 1. The van der Waals surface area contributed by atoms with Crippen molar-refractivity contribution in [2.24, 2.45) is 0 Å². The van der Waals surface area contributed by atoms with Gasteiger partial charge in [-0.1, -0.05) is 12.1 Å². The normalized spacial score (nSPS) is 16.4. The molecule has 1 N–H and O–H groups in total. The number of fused-ring (bicyclic) bond motifs is 1. The van der Waals surface area contributed by atoms with E-state index in [1.165, 1.54) is 12.1 Å².